The van der Waals surface area contributed by atoms with Gasteiger partial charge in [-0.2, -0.15) is 0 Å². The third-order valence-corrected chi connectivity index (χ3v) is 3.39. The van der Waals surface area contributed by atoms with E-state index >= 15 is 0 Å². The predicted octanol–water partition coefficient (Wildman–Crippen LogP) is 3.63. The molecule has 4 nitrogen and oxygen atoms in total. The maximum Gasteiger partial charge on any atom is 0.338 e. The first-order chi connectivity index (χ1) is 10.8. The first kappa shape index (κ1) is 14.1. The Morgan fingerprint density at radius 3 is 2.68 bits per heavy atom. The molecule has 0 bridgehead atoms. The highest BCUT2D eigenvalue weighted by molar-refractivity contribution is 5.94. The molecule has 2 aromatic carbocycles. The molecule has 0 unspecified atom stereocenters. The fourth-order valence-electron chi connectivity index (χ4n) is 2.20. The van der Waals surface area contributed by atoms with Gasteiger partial charge in [-0.3, -0.25) is 0 Å². The van der Waals surface area contributed by atoms with E-state index in [0.29, 0.717) is 5.56 Å². The van der Waals surface area contributed by atoms with Crippen molar-refractivity contribution in [1.82, 2.24) is 4.98 Å². The van der Waals surface area contributed by atoms with Gasteiger partial charge in [-0.25, -0.2) is 9.78 Å². The van der Waals surface area contributed by atoms with E-state index in [-0.39, 0.29) is 12.6 Å². The van der Waals surface area contributed by atoms with Crippen molar-refractivity contribution in [2.45, 2.75) is 6.61 Å². The fraction of sp³-hybridized carbons (Fsp3) is 0.111. The number of anilines is 1. The molecule has 0 amide bonds. The van der Waals surface area contributed by atoms with E-state index < -0.39 is 0 Å². The lowest BCUT2D eigenvalue weighted by molar-refractivity contribution is 0.0473. The molecule has 1 heterocycles. The summed E-state index contributed by atoms with van der Waals surface area (Å²) in [5.41, 5.74) is 2.34. The summed E-state index contributed by atoms with van der Waals surface area (Å²) in [6.07, 6.45) is 0. The van der Waals surface area contributed by atoms with Crippen molar-refractivity contribution in [2.24, 2.45) is 0 Å². The minimum Gasteiger partial charge on any atom is -0.457 e. The Morgan fingerprint density at radius 2 is 1.91 bits per heavy atom. The minimum atomic E-state index is -0.330. The molecule has 3 rings (SSSR count). The molecular weight excluding hydrogens is 276 g/mol. The van der Waals surface area contributed by atoms with E-state index in [0.717, 1.165) is 22.3 Å². The number of nitrogens with one attached hydrogen (secondary N) is 1. The lowest BCUT2D eigenvalue weighted by Crippen LogP contribution is -2.05. The van der Waals surface area contributed by atoms with Crippen LogP contribution in [0.15, 0.2) is 60.7 Å². The van der Waals surface area contributed by atoms with E-state index in [2.05, 4.69) is 10.3 Å². The number of esters is 1. The predicted molar refractivity (Wildman–Crippen MR) is 86.9 cm³/mol. The summed E-state index contributed by atoms with van der Waals surface area (Å²) in [6.45, 7) is 0.272. The van der Waals surface area contributed by atoms with Crippen molar-refractivity contribution in [1.29, 1.82) is 0 Å². The number of ether oxygens (including phenoxy) is 1. The number of nitrogens with zero attached hydrogens (tertiary/aromatic N) is 1. The Bertz CT molecular complexity index is 801. The normalized spacial score (nSPS) is 10.4. The van der Waals surface area contributed by atoms with Gasteiger partial charge in [0.1, 0.15) is 12.4 Å². The number of aromatic nitrogens is 1. The molecule has 0 saturated heterocycles. The van der Waals surface area contributed by atoms with Gasteiger partial charge < -0.3 is 10.1 Å². The minimum absolute atomic E-state index is 0.272. The van der Waals surface area contributed by atoms with Gasteiger partial charge in [0.05, 0.1) is 11.1 Å². The summed E-state index contributed by atoms with van der Waals surface area (Å²) < 4.78 is 5.34. The van der Waals surface area contributed by atoms with Gasteiger partial charge >= 0.3 is 5.97 Å². The number of carbonyl (C=O) groups excluding carboxylic acids is 1. The van der Waals surface area contributed by atoms with Gasteiger partial charge in [-0.05, 0) is 35.9 Å². The van der Waals surface area contributed by atoms with Gasteiger partial charge in [0.25, 0.3) is 0 Å². The number of fused-ring (bicyclic) bond motifs is 1. The van der Waals surface area contributed by atoms with Gasteiger partial charge in [-0.1, -0.05) is 30.3 Å². The van der Waals surface area contributed by atoms with E-state index in [1.807, 2.05) is 55.6 Å². The summed E-state index contributed by atoms with van der Waals surface area (Å²) in [4.78, 5) is 16.6. The molecule has 0 spiro atoms. The third-order valence-electron chi connectivity index (χ3n) is 3.39. The first-order valence-electron chi connectivity index (χ1n) is 7.06. The van der Waals surface area contributed by atoms with Crippen LogP contribution in [0.3, 0.4) is 0 Å². The molecule has 0 aliphatic rings. The van der Waals surface area contributed by atoms with E-state index in [1.54, 1.807) is 12.1 Å². The molecule has 0 atom stereocenters. The lowest BCUT2D eigenvalue weighted by atomic mass is 10.1. The van der Waals surface area contributed by atoms with Crippen LogP contribution >= 0.6 is 0 Å². The summed E-state index contributed by atoms with van der Waals surface area (Å²) in [7, 11) is 1.82. The zero-order valence-electron chi connectivity index (χ0n) is 12.2. The van der Waals surface area contributed by atoms with Gasteiger partial charge in [-0.15, -0.1) is 0 Å². The highest BCUT2D eigenvalue weighted by Gasteiger charge is 2.09. The number of rotatable bonds is 4. The molecule has 0 radical (unpaired) electrons. The fourth-order valence-corrected chi connectivity index (χ4v) is 2.20. The average Bonchev–Trinajstić information content (AvgIpc) is 2.59. The van der Waals surface area contributed by atoms with Crippen LogP contribution in [-0.2, 0) is 11.3 Å². The molecule has 110 valence electrons. The lowest BCUT2D eigenvalue weighted by Gasteiger charge is -2.06. The van der Waals surface area contributed by atoms with Gasteiger partial charge in [0, 0.05) is 12.4 Å². The number of carbonyl (C=O) groups is 1. The molecule has 4 heteroatoms. The van der Waals surface area contributed by atoms with Crippen LogP contribution in [0.4, 0.5) is 5.82 Å². The van der Waals surface area contributed by atoms with Crippen molar-refractivity contribution >= 4 is 22.7 Å². The van der Waals surface area contributed by atoms with Crippen LogP contribution in [0.5, 0.6) is 0 Å². The van der Waals surface area contributed by atoms with Gasteiger partial charge in [0.2, 0.25) is 0 Å². The van der Waals surface area contributed by atoms with Crippen LogP contribution in [-0.4, -0.2) is 18.0 Å². The molecule has 1 N–H and O–H groups in total. The molecule has 0 fully saturated rings. The molecule has 1 aromatic heterocycles. The van der Waals surface area contributed by atoms with Crippen LogP contribution in [0.2, 0.25) is 0 Å². The Balaban J connectivity index is 1.76. The topological polar surface area (TPSA) is 51.2 Å². The smallest absolute Gasteiger partial charge is 0.338 e. The number of pyridine rings is 1. The molecule has 0 aliphatic heterocycles. The van der Waals surface area contributed by atoms with Crippen LogP contribution in [0.1, 0.15) is 15.9 Å². The van der Waals surface area contributed by atoms with E-state index in [1.165, 1.54) is 0 Å². The van der Waals surface area contributed by atoms with Crippen molar-refractivity contribution in [3.8, 4) is 0 Å². The van der Waals surface area contributed by atoms with Crippen molar-refractivity contribution < 1.29 is 9.53 Å². The summed E-state index contributed by atoms with van der Waals surface area (Å²) in [5, 5.41) is 3.90. The Hall–Kier alpha value is -2.88. The summed E-state index contributed by atoms with van der Waals surface area (Å²) in [5.74, 6) is 0.468. The molecule has 0 aliphatic carbocycles. The summed E-state index contributed by atoms with van der Waals surface area (Å²) in [6, 6.07) is 18.8. The zero-order chi connectivity index (χ0) is 15.4. The van der Waals surface area contributed by atoms with Crippen LogP contribution in [0, 0.1) is 0 Å². The summed E-state index contributed by atoms with van der Waals surface area (Å²) >= 11 is 0. The molecular formula is C18H16N2O2. The number of benzene rings is 2. The van der Waals surface area contributed by atoms with Crippen LogP contribution in [0.25, 0.3) is 10.9 Å². The molecule has 22 heavy (non-hydrogen) atoms. The monoisotopic (exact) mass is 292 g/mol. The molecule has 0 saturated carbocycles. The van der Waals surface area contributed by atoms with Crippen molar-refractivity contribution in [3.05, 3.63) is 71.8 Å². The Kier molecular flexibility index (Phi) is 4.01. The Labute approximate surface area is 128 Å². The highest BCUT2D eigenvalue weighted by atomic mass is 16.5. The van der Waals surface area contributed by atoms with Crippen molar-refractivity contribution in [3.63, 3.8) is 0 Å². The number of hydrogen-bond donors (Lipinski definition) is 1. The quantitative estimate of drug-likeness (QED) is 0.746. The first-order valence-corrected chi connectivity index (χ1v) is 7.06. The highest BCUT2D eigenvalue weighted by Crippen LogP contribution is 2.17. The maximum atomic E-state index is 12.1. The van der Waals surface area contributed by atoms with Crippen molar-refractivity contribution in [2.75, 3.05) is 12.4 Å². The maximum absolute atomic E-state index is 12.1. The second-order valence-electron chi connectivity index (χ2n) is 4.92. The second kappa shape index (κ2) is 6.26. The largest absolute Gasteiger partial charge is 0.457 e. The van der Waals surface area contributed by atoms with Gasteiger partial charge in [0.15, 0.2) is 0 Å². The standard InChI is InChI=1S/C18H16N2O2/c1-19-17-10-8-14-11-15(7-9-16(14)20-17)18(21)22-12-13-5-3-2-4-6-13/h2-11H,12H2,1H3,(H,19,20). The Morgan fingerprint density at radius 1 is 1.09 bits per heavy atom. The second-order valence-corrected chi connectivity index (χ2v) is 4.92. The number of hydrogen-bond acceptors (Lipinski definition) is 4. The van der Waals surface area contributed by atoms with E-state index in [9.17, 15) is 4.79 Å². The van der Waals surface area contributed by atoms with E-state index in [4.69, 9.17) is 4.74 Å². The van der Waals surface area contributed by atoms with Crippen LogP contribution < -0.4 is 5.32 Å². The zero-order valence-corrected chi connectivity index (χ0v) is 12.2. The SMILES string of the molecule is CNc1ccc2cc(C(=O)OCc3ccccc3)ccc2n1. The third kappa shape index (κ3) is 3.06. The molecule has 3 aromatic rings. The average molecular weight is 292 g/mol.